The number of amides is 1. The van der Waals surface area contributed by atoms with Crippen molar-refractivity contribution in [1.29, 1.82) is 0 Å². The third-order valence-electron chi connectivity index (χ3n) is 11.8. The maximum atomic E-state index is 14.4. The molecule has 11 heteroatoms. The lowest BCUT2D eigenvalue weighted by Gasteiger charge is -2.32. The Morgan fingerprint density at radius 3 is 2.18 bits per heavy atom. The van der Waals surface area contributed by atoms with Crippen molar-refractivity contribution < 1.29 is 32.9 Å². The molecule has 1 saturated heterocycles. The molecule has 1 fully saturated rings. The van der Waals surface area contributed by atoms with Crippen LogP contribution in [0.5, 0.6) is 28.7 Å². The van der Waals surface area contributed by atoms with Gasteiger partial charge in [-0.2, -0.15) is 5.11 Å². The molecule has 4 aromatic carbocycles. The smallest absolute Gasteiger partial charge is 0.254 e. The molecule has 0 radical (unpaired) electrons. The molecule has 318 valence electrons. The first-order chi connectivity index (χ1) is 29.7. The lowest BCUT2D eigenvalue weighted by Crippen LogP contribution is -2.38. The lowest BCUT2D eigenvalue weighted by atomic mass is 9.89. The van der Waals surface area contributed by atoms with Gasteiger partial charge in [-0.25, -0.2) is 4.58 Å². The van der Waals surface area contributed by atoms with Crippen LogP contribution < -0.4 is 33.6 Å². The van der Waals surface area contributed by atoms with Crippen molar-refractivity contribution in [2.75, 3.05) is 61.2 Å². The first-order valence-electron chi connectivity index (χ1n) is 21.2. The van der Waals surface area contributed by atoms with Crippen molar-refractivity contribution in [3.63, 3.8) is 0 Å². The van der Waals surface area contributed by atoms with Crippen LogP contribution in [0.2, 0.25) is 0 Å². The Morgan fingerprint density at radius 2 is 1.49 bits per heavy atom. The second kappa shape index (κ2) is 19.4. The molecular formula is C50H57N4O7+. The predicted octanol–water partition coefficient (Wildman–Crippen LogP) is 10.8. The first kappa shape index (κ1) is 42.8. The van der Waals surface area contributed by atoms with Gasteiger partial charge in [0.25, 0.3) is 5.91 Å². The highest BCUT2D eigenvalue weighted by molar-refractivity contribution is 6.09. The highest BCUT2D eigenvalue weighted by Crippen LogP contribution is 2.44. The van der Waals surface area contributed by atoms with Gasteiger partial charge in [0.2, 0.25) is 11.1 Å². The fourth-order valence-electron chi connectivity index (χ4n) is 8.47. The Labute approximate surface area is 358 Å². The number of likely N-dealkylation sites (tertiary alicyclic amines) is 1. The number of benzene rings is 5. The van der Waals surface area contributed by atoms with Gasteiger partial charge in [0.05, 0.1) is 46.8 Å². The highest BCUT2D eigenvalue weighted by atomic mass is 16.5. The molecule has 0 N–H and O–H groups in total. The number of ether oxygens (including phenoxy) is 5. The molecule has 11 nitrogen and oxygen atoms in total. The molecule has 0 aromatic heterocycles. The molecule has 61 heavy (non-hydrogen) atoms. The van der Waals surface area contributed by atoms with Crippen LogP contribution in [0, 0.1) is 19.8 Å². The van der Waals surface area contributed by atoms with Crippen LogP contribution in [-0.2, 0) is 0 Å². The molecule has 7 rings (SSSR count). The molecular weight excluding hydrogens is 769 g/mol. The zero-order valence-corrected chi connectivity index (χ0v) is 36.7. The Morgan fingerprint density at radius 1 is 0.770 bits per heavy atom. The average molecular weight is 826 g/mol. The van der Waals surface area contributed by atoms with Crippen LogP contribution >= 0.6 is 0 Å². The minimum atomic E-state index is 0.0630. The van der Waals surface area contributed by atoms with E-state index in [9.17, 15) is 4.79 Å². The summed E-state index contributed by atoms with van der Waals surface area (Å²) in [4.78, 5) is 16.5. The number of piperidine rings is 1. The van der Waals surface area contributed by atoms with Crippen molar-refractivity contribution in [1.82, 2.24) is 9.48 Å². The van der Waals surface area contributed by atoms with E-state index in [0.29, 0.717) is 71.3 Å². The van der Waals surface area contributed by atoms with Gasteiger partial charge in [0.15, 0.2) is 17.2 Å². The van der Waals surface area contributed by atoms with E-state index in [-0.39, 0.29) is 5.91 Å². The van der Waals surface area contributed by atoms with E-state index in [4.69, 9.17) is 28.1 Å². The van der Waals surface area contributed by atoms with Crippen molar-refractivity contribution >= 4 is 28.3 Å². The number of fused-ring (bicyclic) bond motifs is 2. The summed E-state index contributed by atoms with van der Waals surface area (Å²) in [7, 11) is 6.33. The largest absolute Gasteiger partial charge is 0.496 e. The quantitative estimate of drug-likeness (QED) is 0.0439. The van der Waals surface area contributed by atoms with E-state index >= 15 is 0 Å². The SMILES string of the molecule is CC[N+](CC)=c1ccc2c(-c3ccccc3C(=O)N3CCC(CCCOc4c(N=Nc5cc(OC)c(OC)c(OC)c5)ccc(OC)c4C)CC3)c3ccc(C)cc3oc-2c1. The molecule has 0 spiro atoms. The molecule has 1 amide bonds. The van der Waals surface area contributed by atoms with E-state index in [1.165, 1.54) is 0 Å². The van der Waals surface area contributed by atoms with Crippen LogP contribution in [0.3, 0.4) is 0 Å². The molecule has 3 aliphatic rings. The van der Waals surface area contributed by atoms with Gasteiger partial charge in [-0.3, -0.25) is 4.79 Å². The van der Waals surface area contributed by atoms with Gasteiger partial charge < -0.3 is 33.0 Å². The van der Waals surface area contributed by atoms with Crippen molar-refractivity contribution in [3.8, 4) is 51.2 Å². The van der Waals surface area contributed by atoms with Gasteiger partial charge in [0, 0.05) is 58.9 Å². The first-order valence-corrected chi connectivity index (χ1v) is 21.2. The van der Waals surface area contributed by atoms with Gasteiger partial charge in [-0.05, 0) is 101 Å². The van der Waals surface area contributed by atoms with E-state index in [2.05, 4.69) is 78.0 Å². The molecule has 0 atom stereocenters. The number of hydrogen-bond acceptors (Lipinski definition) is 9. The van der Waals surface area contributed by atoms with Crippen LogP contribution in [0.1, 0.15) is 61.0 Å². The number of hydrogen-bond donors (Lipinski definition) is 0. The molecule has 0 saturated carbocycles. The number of azo groups is 1. The number of methoxy groups -OCH3 is 4. The molecule has 0 unspecified atom stereocenters. The Bertz CT molecular complexity index is 2560. The normalized spacial score (nSPS) is 13.2. The fourth-order valence-corrected chi connectivity index (χ4v) is 8.47. The Balaban J connectivity index is 1.03. The highest BCUT2D eigenvalue weighted by Gasteiger charge is 2.28. The Hall–Kier alpha value is -6.36. The van der Waals surface area contributed by atoms with E-state index in [1.807, 2.05) is 42.2 Å². The second-order valence-electron chi connectivity index (χ2n) is 15.4. The average Bonchev–Trinajstić information content (AvgIpc) is 3.29. The number of rotatable bonds is 15. The maximum Gasteiger partial charge on any atom is 0.254 e. The van der Waals surface area contributed by atoms with Gasteiger partial charge >= 0.3 is 0 Å². The third-order valence-corrected chi connectivity index (χ3v) is 11.8. The zero-order valence-electron chi connectivity index (χ0n) is 36.7. The number of carbonyl (C=O) groups is 1. The zero-order chi connectivity index (χ0) is 43.0. The summed E-state index contributed by atoms with van der Waals surface area (Å²) in [5.41, 5.74) is 7.56. The summed E-state index contributed by atoms with van der Waals surface area (Å²) >= 11 is 0. The van der Waals surface area contributed by atoms with Crippen LogP contribution in [0.25, 0.3) is 33.4 Å². The summed E-state index contributed by atoms with van der Waals surface area (Å²) in [5, 5.41) is 11.2. The lowest BCUT2D eigenvalue weighted by molar-refractivity contribution is 0.0684. The minimum absolute atomic E-state index is 0.0630. The molecule has 1 aliphatic carbocycles. The van der Waals surface area contributed by atoms with Gasteiger partial charge in [-0.15, -0.1) is 5.11 Å². The third kappa shape index (κ3) is 9.06. The molecule has 2 heterocycles. The standard InChI is InChI=1S/C50H57N4O7/c1-9-53(10-2)36-18-20-40-44(31-36)61-43-28-32(3)17-19-39(43)47(40)37-15-11-12-16-38(37)50(55)54-25-23-34(24-26-54)14-13-27-60-48-33(4)42(56-5)22-21-41(48)52-51-35-29-45(57-6)49(59-8)46(30-35)58-7/h11-12,15-22,28-31,34H,9-10,13-14,23-27H2,1-8H3/q+1. The summed E-state index contributed by atoms with van der Waals surface area (Å²) in [6.45, 7) is 12.1. The van der Waals surface area contributed by atoms with Gasteiger partial charge in [0.1, 0.15) is 35.9 Å². The van der Waals surface area contributed by atoms with Crippen molar-refractivity contribution in [2.24, 2.45) is 16.1 Å². The predicted molar refractivity (Wildman–Crippen MR) is 241 cm³/mol. The molecule has 0 bridgehead atoms. The number of nitrogens with zero attached hydrogens (tertiary/aromatic N) is 4. The minimum Gasteiger partial charge on any atom is -0.496 e. The summed E-state index contributed by atoms with van der Waals surface area (Å²) in [5.74, 6) is 4.16. The maximum absolute atomic E-state index is 14.4. The van der Waals surface area contributed by atoms with Gasteiger partial charge in [-0.1, -0.05) is 30.3 Å². The summed E-state index contributed by atoms with van der Waals surface area (Å²) in [6.07, 6.45) is 3.72. The van der Waals surface area contributed by atoms with Crippen LogP contribution in [0.4, 0.5) is 11.4 Å². The molecule has 4 aromatic rings. The molecule has 2 aliphatic heterocycles. The van der Waals surface area contributed by atoms with Crippen LogP contribution in [-0.4, -0.2) is 72.0 Å². The Kier molecular flexibility index (Phi) is 13.6. The monoisotopic (exact) mass is 825 g/mol. The second-order valence-corrected chi connectivity index (χ2v) is 15.4. The van der Waals surface area contributed by atoms with Crippen LogP contribution in [0.15, 0.2) is 99.6 Å². The van der Waals surface area contributed by atoms with E-state index in [0.717, 1.165) is 88.7 Å². The summed E-state index contributed by atoms with van der Waals surface area (Å²) in [6, 6.07) is 28.0. The fraction of sp³-hybridized carbons (Fsp3) is 0.360. The topological polar surface area (TPSA) is 107 Å². The van der Waals surface area contributed by atoms with E-state index < -0.39 is 0 Å². The van der Waals surface area contributed by atoms with E-state index in [1.54, 1.807) is 40.6 Å². The van der Waals surface area contributed by atoms with Crippen molar-refractivity contribution in [2.45, 2.75) is 53.4 Å². The number of carbonyl (C=O) groups excluding carboxylic acids is 1. The summed E-state index contributed by atoms with van der Waals surface area (Å²) < 4.78 is 37.3. The van der Waals surface area contributed by atoms with Crippen molar-refractivity contribution in [3.05, 3.63) is 107 Å². The number of aryl methyl sites for hydroxylation is 1.